The number of carboxylic acid groups (broad SMARTS) is 1. The van der Waals surface area contributed by atoms with Crippen molar-refractivity contribution < 1.29 is 24.2 Å². The monoisotopic (exact) mass is 356 g/mol. The molecule has 0 bridgehead atoms. The van der Waals surface area contributed by atoms with Crippen LogP contribution in [0.15, 0.2) is 0 Å². The Labute approximate surface area is 145 Å². The number of nitrogens with one attached hydrogen (secondary N) is 2. The Hall–Kier alpha value is -1.93. The average molecular weight is 356 g/mol. The zero-order valence-corrected chi connectivity index (χ0v) is 15.4. The Morgan fingerprint density at radius 1 is 1.25 bits per heavy atom. The normalized spacial score (nSPS) is 13.2. The van der Waals surface area contributed by atoms with Crippen molar-refractivity contribution in [3.63, 3.8) is 0 Å². The molecule has 0 spiro atoms. The third kappa shape index (κ3) is 5.31. The Kier molecular flexibility index (Phi) is 7.37. The third-order valence-electron chi connectivity index (χ3n) is 3.51. The van der Waals surface area contributed by atoms with Gasteiger partial charge in [0.05, 0.1) is 12.2 Å². The molecule has 2 atom stereocenters. The van der Waals surface area contributed by atoms with E-state index in [1.165, 1.54) is 18.3 Å². The molecular weight excluding hydrogens is 332 g/mol. The van der Waals surface area contributed by atoms with E-state index in [0.29, 0.717) is 10.6 Å². The van der Waals surface area contributed by atoms with Crippen LogP contribution in [0.3, 0.4) is 0 Å². The number of thiophene rings is 1. The van der Waals surface area contributed by atoms with Gasteiger partial charge in [-0.2, -0.15) is 0 Å². The van der Waals surface area contributed by atoms with Crippen LogP contribution in [0.1, 0.15) is 48.0 Å². The Morgan fingerprint density at radius 3 is 2.42 bits per heavy atom. The molecule has 0 radical (unpaired) electrons. The molecule has 1 aromatic rings. The third-order valence-corrected chi connectivity index (χ3v) is 4.64. The molecule has 8 heteroatoms. The lowest BCUT2D eigenvalue weighted by Gasteiger charge is -2.16. The average Bonchev–Trinajstić information content (AvgIpc) is 2.73. The van der Waals surface area contributed by atoms with E-state index in [1.54, 1.807) is 13.8 Å². The minimum Gasteiger partial charge on any atom is -0.480 e. The molecule has 24 heavy (non-hydrogen) atoms. The lowest BCUT2D eigenvalue weighted by molar-refractivity contribution is -0.139. The molecule has 1 aromatic heterocycles. The fraction of sp³-hybridized carbons (Fsp3) is 0.562. The summed E-state index contributed by atoms with van der Waals surface area (Å²) in [5.41, 5.74) is 1.17. The van der Waals surface area contributed by atoms with Gasteiger partial charge in [0, 0.05) is 17.3 Å². The van der Waals surface area contributed by atoms with Crippen LogP contribution in [0.5, 0.6) is 0 Å². The predicted molar refractivity (Wildman–Crippen MR) is 92.7 cm³/mol. The van der Waals surface area contributed by atoms with Gasteiger partial charge in [-0.3, -0.25) is 9.59 Å². The molecule has 1 heterocycles. The molecule has 0 aliphatic carbocycles. The number of carbonyl (C=O) groups is 3. The number of amides is 1. The maximum atomic E-state index is 12.2. The lowest BCUT2D eigenvalue weighted by atomic mass is 10.1. The van der Waals surface area contributed by atoms with E-state index in [4.69, 9.17) is 9.84 Å². The van der Waals surface area contributed by atoms with Crippen molar-refractivity contribution in [2.45, 2.75) is 53.1 Å². The Bertz CT molecular complexity index is 626. The first-order chi connectivity index (χ1) is 11.2. The summed E-state index contributed by atoms with van der Waals surface area (Å²) in [7, 11) is 0. The summed E-state index contributed by atoms with van der Waals surface area (Å²) in [6.45, 7) is 8.91. The van der Waals surface area contributed by atoms with Gasteiger partial charge in [-0.1, -0.05) is 0 Å². The number of carboxylic acids is 1. The van der Waals surface area contributed by atoms with Crippen LogP contribution in [0.25, 0.3) is 0 Å². The first-order valence-corrected chi connectivity index (χ1v) is 8.54. The van der Waals surface area contributed by atoms with Gasteiger partial charge in [0.2, 0.25) is 5.91 Å². The number of hydrogen-bond acceptors (Lipinski definition) is 6. The standard InChI is InChI=1S/C16H24N2O5S/c1-6-23-16(22)13-9(3)11(5)24-14(13)18-12(19)7-8(2)17-10(4)15(20)21/h8,10,17H,6-7H2,1-5H3,(H,18,19)(H,20,21). The molecule has 134 valence electrons. The second kappa shape index (κ2) is 8.79. The van der Waals surface area contributed by atoms with E-state index in [1.807, 2.05) is 13.8 Å². The zero-order chi connectivity index (χ0) is 18.4. The minimum absolute atomic E-state index is 0.0931. The number of ether oxygens (including phenoxy) is 1. The number of aryl methyl sites for hydroxylation is 1. The van der Waals surface area contributed by atoms with Crippen molar-refractivity contribution in [1.82, 2.24) is 5.32 Å². The van der Waals surface area contributed by atoms with Crippen LogP contribution in [-0.4, -0.2) is 41.6 Å². The number of hydrogen-bond donors (Lipinski definition) is 3. The highest BCUT2D eigenvalue weighted by atomic mass is 32.1. The molecule has 2 unspecified atom stereocenters. The molecule has 0 saturated heterocycles. The first kappa shape index (κ1) is 20.1. The fourth-order valence-corrected chi connectivity index (χ4v) is 3.24. The van der Waals surface area contributed by atoms with Gasteiger partial charge < -0.3 is 20.5 Å². The van der Waals surface area contributed by atoms with Gasteiger partial charge in [-0.15, -0.1) is 11.3 Å². The summed E-state index contributed by atoms with van der Waals surface area (Å²) in [6, 6.07) is -1.06. The lowest BCUT2D eigenvalue weighted by Crippen LogP contribution is -2.41. The van der Waals surface area contributed by atoms with Gasteiger partial charge in [-0.25, -0.2) is 4.79 Å². The van der Waals surface area contributed by atoms with E-state index in [-0.39, 0.29) is 25.0 Å². The van der Waals surface area contributed by atoms with E-state index < -0.39 is 18.0 Å². The van der Waals surface area contributed by atoms with Crippen molar-refractivity contribution in [2.24, 2.45) is 0 Å². The topological polar surface area (TPSA) is 105 Å². The molecule has 3 N–H and O–H groups in total. The van der Waals surface area contributed by atoms with Crippen molar-refractivity contribution in [1.29, 1.82) is 0 Å². The largest absolute Gasteiger partial charge is 0.480 e. The highest BCUT2D eigenvalue weighted by molar-refractivity contribution is 7.16. The molecule has 1 amide bonds. The van der Waals surface area contributed by atoms with E-state index >= 15 is 0 Å². The molecular formula is C16H24N2O5S. The maximum absolute atomic E-state index is 12.2. The molecule has 1 rings (SSSR count). The van der Waals surface area contributed by atoms with E-state index in [2.05, 4.69) is 10.6 Å². The molecule has 0 aromatic carbocycles. The molecule has 0 aliphatic rings. The van der Waals surface area contributed by atoms with Crippen LogP contribution in [-0.2, 0) is 14.3 Å². The number of anilines is 1. The second-order valence-electron chi connectivity index (χ2n) is 5.59. The van der Waals surface area contributed by atoms with Gasteiger partial charge >= 0.3 is 11.9 Å². The quantitative estimate of drug-likeness (QED) is 0.618. The predicted octanol–water partition coefficient (Wildman–Crippen LogP) is 2.32. The van der Waals surface area contributed by atoms with Crippen molar-refractivity contribution in [2.75, 3.05) is 11.9 Å². The Morgan fingerprint density at radius 2 is 1.88 bits per heavy atom. The SMILES string of the molecule is CCOC(=O)c1c(NC(=O)CC(C)NC(C)C(=O)O)sc(C)c1C. The van der Waals surface area contributed by atoms with Crippen molar-refractivity contribution in [3.8, 4) is 0 Å². The number of rotatable bonds is 8. The smallest absolute Gasteiger partial charge is 0.341 e. The van der Waals surface area contributed by atoms with Crippen LogP contribution in [0, 0.1) is 13.8 Å². The van der Waals surface area contributed by atoms with Crippen molar-refractivity contribution in [3.05, 3.63) is 16.0 Å². The van der Waals surface area contributed by atoms with Crippen LogP contribution in [0.4, 0.5) is 5.00 Å². The highest BCUT2D eigenvalue weighted by Crippen LogP contribution is 2.33. The number of esters is 1. The Balaban J connectivity index is 2.78. The summed E-state index contributed by atoms with van der Waals surface area (Å²) >= 11 is 1.32. The molecule has 0 fully saturated rings. The number of aliphatic carboxylic acids is 1. The minimum atomic E-state index is -0.976. The van der Waals surface area contributed by atoms with Crippen LogP contribution >= 0.6 is 11.3 Å². The van der Waals surface area contributed by atoms with Gasteiger partial charge in [0.1, 0.15) is 11.0 Å². The summed E-state index contributed by atoms with van der Waals surface area (Å²) in [4.78, 5) is 36.0. The van der Waals surface area contributed by atoms with E-state index in [9.17, 15) is 14.4 Å². The van der Waals surface area contributed by atoms with Crippen LogP contribution in [0.2, 0.25) is 0 Å². The summed E-state index contributed by atoms with van der Waals surface area (Å²) < 4.78 is 5.04. The molecule has 7 nitrogen and oxygen atoms in total. The van der Waals surface area contributed by atoms with Gasteiger partial charge in [-0.05, 0) is 40.2 Å². The molecule has 0 aliphatic heterocycles. The highest BCUT2D eigenvalue weighted by Gasteiger charge is 2.23. The van der Waals surface area contributed by atoms with Gasteiger partial charge in [0.25, 0.3) is 0 Å². The molecule has 0 saturated carbocycles. The van der Waals surface area contributed by atoms with E-state index in [0.717, 1.165) is 10.4 Å². The zero-order valence-electron chi connectivity index (χ0n) is 14.6. The summed E-state index contributed by atoms with van der Waals surface area (Å²) in [5, 5.41) is 14.9. The van der Waals surface area contributed by atoms with Crippen molar-refractivity contribution >= 4 is 34.2 Å². The fourth-order valence-electron chi connectivity index (χ4n) is 2.18. The van der Waals surface area contributed by atoms with Crippen LogP contribution < -0.4 is 10.6 Å². The number of carbonyl (C=O) groups excluding carboxylic acids is 2. The van der Waals surface area contributed by atoms with Gasteiger partial charge in [0.15, 0.2) is 0 Å². The second-order valence-corrected chi connectivity index (χ2v) is 6.81. The summed E-state index contributed by atoms with van der Waals surface area (Å²) in [5.74, 6) is -1.73. The maximum Gasteiger partial charge on any atom is 0.341 e. The summed E-state index contributed by atoms with van der Waals surface area (Å²) in [6.07, 6.45) is 0.0931. The first-order valence-electron chi connectivity index (χ1n) is 7.73.